The van der Waals surface area contributed by atoms with Crippen LogP contribution in [0.3, 0.4) is 0 Å². The summed E-state index contributed by atoms with van der Waals surface area (Å²) in [7, 11) is 2.10. The van der Waals surface area contributed by atoms with Crippen LogP contribution in [0.5, 0.6) is 0 Å². The van der Waals surface area contributed by atoms with E-state index in [9.17, 15) is 0 Å². The van der Waals surface area contributed by atoms with Crippen molar-refractivity contribution in [1.82, 2.24) is 9.88 Å². The minimum Gasteiger partial charge on any atom is -0.465 e. The molecule has 0 aromatic carbocycles. The van der Waals surface area contributed by atoms with Gasteiger partial charge < -0.3 is 14.3 Å². The molecule has 0 fully saturated rings. The molecule has 1 N–H and O–H groups in total. The van der Waals surface area contributed by atoms with Gasteiger partial charge in [0.05, 0.1) is 6.54 Å². The fourth-order valence-electron chi connectivity index (χ4n) is 2.01. The molecule has 0 atom stereocenters. The molecule has 0 aliphatic rings. The monoisotopic (exact) mass is 232 g/mol. The molecule has 2 heterocycles. The summed E-state index contributed by atoms with van der Waals surface area (Å²) in [4.78, 5) is 0. The first-order valence-corrected chi connectivity index (χ1v) is 5.95. The summed E-state index contributed by atoms with van der Waals surface area (Å²) in [6.45, 7) is 7.91. The molecule has 3 heteroatoms. The van der Waals surface area contributed by atoms with Gasteiger partial charge in [-0.2, -0.15) is 0 Å². The molecule has 0 unspecified atom stereocenters. The SMILES string of the molecule is Cc1ccc(CNCc2cc(C)n(C)c2C)o1. The second-order valence-electron chi connectivity index (χ2n) is 4.57. The molecule has 3 nitrogen and oxygen atoms in total. The highest BCUT2D eigenvalue weighted by Gasteiger charge is 2.05. The fraction of sp³-hybridized carbons (Fsp3) is 0.429. The van der Waals surface area contributed by atoms with E-state index in [2.05, 4.69) is 36.8 Å². The van der Waals surface area contributed by atoms with Crippen LogP contribution in [0, 0.1) is 20.8 Å². The van der Waals surface area contributed by atoms with E-state index in [4.69, 9.17) is 4.42 Å². The summed E-state index contributed by atoms with van der Waals surface area (Å²) in [5.41, 5.74) is 3.98. The van der Waals surface area contributed by atoms with Gasteiger partial charge in [-0.15, -0.1) is 0 Å². The predicted molar refractivity (Wildman–Crippen MR) is 68.9 cm³/mol. The van der Waals surface area contributed by atoms with Gasteiger partial charge in [0, 0.05) is 25.0 Å². The molecule has 17 heavy (non-hydrogen) atoms. The third-order valence-electron chi connectivity index (χ3n) is 3.29. The van der Waals surface area contributed by atoms with Gasteiger partial charge in [-0.3, -0.25) is 0 Å². The van der Waals surface area contributed by atoms with Crippen molar-refractivity contribution < 1.29 is 4.42 Å². The van der Waals surface area contributed by atoms with Crippen molar-refractivity contribution in [3.8, 4) is 0 Å². The van der Waals surface area contributed by atoms with E-state index >= 15 is 0 Å². The smallest absolute Gasteiger partial charge is 0.117 e. The van der Waals surface area contributed by atoms with E-state index < -0.39 is 0 Å². The molecule has 0 amide bonds. The molecule has 0 bridgehead atoms. The molecule has 0 saturated carbocycles. The summed E-state index contributed by atoms with van der Waals surface area (Å²) in [5, 5.41) is 3.41. The topological polar surface area (TPSA) is 30.1 Å². The molecule has 0 radical (unpaired) electrons. The molecular formula is C14H20N2O. The zero-order chi connectivity index (χ0) is 12.4. The Morgan fingerprint density at radius 1 is 1.18 bits per heavy atom. The molecule has 92 valence electrons. The van der Waals surface area contributed by atoms with Crippen molar-refractivity contribution in [2.45, 2.75) is 33.9 Å². The number of hydrogen-bond donors (Lipinski definition) is 1. The maximum absolute atomic E-state index is 5.51. The largest absolute Gasteiger partial charge is 0.465 e. The van der Waals surface area contributed by atoms with Gasteiger partial charge in [0.25, 0.3) is 0 Å². The predicted octanol–water partition coefficient (Wildman–Crippen LogP) is 2.83. The summed E-state index contributed by atoms with van der Waals surface area (Å²) < 4.78 is 7.73. The van der Waals surface area contributed by atoms with E-state index in [0.717, 1.165) is 24.6 Å². The first-order chi connectivity index (χ1) is 8.08. The van der Waals surface area contributed by atoms with Crippen LogP contribution in [0.4, 0.5) is 0 Å². The standard InChI is InChI=1S/C14H20N2O/c1-10-7-13(12(3)16(10)4)8-15-9-14-6-5-11(2)17-14/h5-7,15H,8-9H2,1-4H3. The van der Waals surface area contributed by atoms with Crippen molar-refractivity contribution >= 4 is 0 Å². The van der Waals surface area contributed by atoms with Crippen molar-refractivity contribution in [3.63, 3.8) is 0 Å². The van der Waals surface area contributed by atoms with Crippen molar-refractivity contribution in [2.75, 3.05) is 0 Å². The number of aryl methyl sites for hydroxylation is 2. The first kappa shape index (κ1) is 12.0. The van der Waals surface area contributed by atoms with Gasteiger partial charge in [0.1, 0.15) is 11.5 Å². The number of aromatic nitrogens is 1. The number of rotatable bonds is 4. The molecule has 0 saturated heterocycles. The van der Waals surface area contributed by atoms with Crippen molar-refractivity contribution in [2.24, 2.45) is 7.05 Å². The van der Waals surface area contributed by atoms with Crippen LogP contribution >= 0.6 is 0 Å². The lowest BCUT2D eigenvalue weighted by Crippen LogP contribution is -2.12. The van der Waals surface area contributed by atoms with E-state index in [1.54, 1.807) is 0 Å². The van der Waals surface area contributed by atoms with Gasteiger partial charge >= 0.3 is 0 Å². The summed E-state index contributed by atoms with van der Waals surface area (Å²) in [6.07, 6.45) is 0. The van der Waals surface area contributed by atoms with Crippen LogP contribution in [0.15, 0.2) is 22.6 Å². The number of nitrogens with one attached hydrogen (secondary N) is 1. The molecule has 2 rings (SSSR count). The Morgan fingerprint density at radius 3 is 2.47 bits per heavy atom. The van der Waals surface area contributed by atoms with Crippen LogP contribution in [0.2, 0.25) is 0 Å². The zero-order valence-corrected chi connectivity index (χ0v) is 11.0. The lowest BCUT2D eigenvalue weighted by atomic mass is 10.2. The van der Waals surface area contributed by atoms with Gasteiger partial charge in [-0.05, 0) is 44.5 Å². The Labute approximate surface area is 102 Å². The quantitative estimate of drug-likeness (QED) is 0.878. The first-order valence-electron chi connectivity index (χ1n) is 5.95. The molecule has 0 aliphatic heterocycles. The second-order valence-corrected chi connectivity index (χ2v) is 4.57. The van der Waals surface area contributed by atoms with Crippen molar-refractivity contribution in [1.29, 1.82) is 0 Å². The Balaban J connectivity index is 1.92. The fourth-order valence-corrected chi connectivity index (χ4v) is 2.01. The Hall–Kier alpha value is -1.48. The number of furan rings is 1. The summed E-state index contributed by atoms with van der Waals surface area (Å²) >= 11 is 0. The highest BCUT2D eigenvalue weighted by molar-refractivity contribution is 5.26. The summed E-state index contributed by atoms with van der Waals surface area (Å²) in [6, 6.07) is 6.25. The lowest BCUT2D eigenvalue weighted by molar-refractivity contribution is 0.461. The van der Waals surface area contributed by atoms with Crippen LogP contribution in [-0.4, -0.2) is 4.57 Å². The van der Waals surface area contributed by atoms with Crippen LogP contribution in [0.1, 0.15) is 28.5 Å². The second kappa shape index (κ2) is 4.80. The average Bonchev–Trinajstić information content (AvgIpc) is 2.80. The minimum atomic E-state index is 0.779. The third-order valence-corrected chi connectivity index (χ3v) is 3.29. The highest BCUT2D eigenvalue weighted by Crippen LogP contribution is 2.13. The number of nitrogens with zero attached hydrogens (tertiary/aromatic N) is 1. The molecule has 2 aromatic rings. The Bertz CT molecular complexity index is 508. The molecule has 0 spiro atoms. The molecular weight excluding hydrogens is 212 g/mol. The normalized spacial score (nSPS) is 11.1. The highest BCUT2D eigenvalue weighted by atomic mass is 16.3. The maximum Gasteiger partial charge on any atom is 0.117 e. The van der Waals surface area contributed by atoms with E-state index in [1.165, 1.54) is 17.0 Å². The van der Waals surface area contributed by atoms with Gasteiger partial charge in [0.2, 0.25) is 0 Å². The van der Waals surface area contributed by atoms with E-state index in [-0.39, 0.29) is 0 Å². The Morgan fingerprint density at radius 2 is 1.94 bits per heavy atom. The van der Waals surface area contributed by atoms with Crippen LogP contribution in [0.25, 0.3) is 0 Å². The number of hydrogen-bond acceptors (Lipinski definition) is 2. The molecule has 2 aromatic heterocycles. The Kier molecular flexibility index (Phi) is 3.38. The third kappa shape index (κ3) is 2.61. The lowest BCUT2D eigenvalue weighted by Gasteiger charge is -2.04. The van der Waals surface area contributed by atoms with Crippen molar-refractivity contribution in [3.05, 3.63) is 46.7 Å². The zero-order valence-electron chi connectivity index (χ0n) is 11.0. The average molecular weight is 232 g/mol. The molecule has 0 aliphatic carbocycles. The maximum atomic E-state index is 5.51. The van der Waals surface area contributed by atoms with Gasteiger partial charge in [0.15, 0.2) is 0 Å². The van der Waals surface area contributed by atoms with Gasteiger partial charge in [-0.1, -0.05) is 0 Å². The van der Waals surface area contributed by atoms with Crippen LogP contribution in [-0.2, 0) is 20.1 Å². The van der Waals surface area contributed by atoms with E-state index in [1.807, 2.05) is 19.1 Å². The minimum absolute atomic E-state index is 0.779. The van der Waals surface area contributed by atoms with E-state index in [0.29, 0.717) is 0 Å². The summed E-state index contributed by atoms with van der Waals surface area (Å²) in [5.74, 6) is 1.96. The van der Waals surface area contributed by atoms with Crippen LogP contribution < -0.4 is 5.32 Å². The van der Waals surface area contributed by atoms with Gasteiger partial charge in [-0.25, -0.2) is 0 Å².